The van der Waals surface area contributed by atoms with Gasteiger partial charge in [0.05, 0.1) is 0 Å². The van der Waals surface area contributed by atoms with Crippen LogP contribution in [0.1, 0.15) is 0 Å². The fourth-order valence-corrected chi connectivity index (χ4v) is 6.42. The van der Waals surface area contributed by atoms with E-state index in [1.54, 1.807) is 0 Å². The lowest BCUT2D eigenvalue weighted by Gasteiger charge is -2.25. The van der Waals surface area contributed by atoms with Gasteiger partial charge in [0, 0.05) is 49.6 Å². The summed E-state index contributed by atoms with van der Waals surface area (Å²) < 4.78 is 12.7. The molecule has 9 aromatic rings. The van der Waals surface area contributed by atoms with Crippen molar-refractivity contribution in [3.63, 3.8) is 0 Å². The minimum absolute atomic E-state index is 0.889. The zero-order chi connectivity index (χ0) is 28.3. The summed E-state index contributed by atoms with van der Waals surface area (Å²) in [5, 5.41) is 6.82. The Hall–Kier alpha value is -5.80. The van der Waals surface area contributed by atoms with Crippen LogP contribution >= 0.6 is 0 Å². The van der Waals surface area contributed by atoms with Gasteiger partial charge in [-0.15, -0.1) is 0 Å². The van der Waals surface area contributed by atoms with E-state index in [2.05, 4.69) is 144 Å². The lowest BCUT2D eigenvalue weighted by Crippen LogP contribution is -2.09. The molecule has 0 aliphatic rings. The molecule has 2 heterocycles. The molecule has 0 atom stereocenters. The third-order valence-corrected chi connectivity index (χ3v) is 8.46. The predicted octanol–water partition coefficient (Wildman–Crippen LogP) is 11.8. The molecule has 3 nitrogen and oxygen atoms in total. The van der Waals surface area contributed by atoms with E-state index in [4.69, 9.17) is 8.83 Å². The van der Waals surface area contributed by atoms with Crippen molar-refractivity contribution >= 4 is 71.7 Å². The van der Waals surface area contributed by atoms with E-state index in [-0.39, 0.29) is 0 Å². The molecule has 3 heteroatoms. The SMILES string of the molecule is c1ccc(N(c2ccc(-c3cccc4c3oc3c5ccccc5ccc43)cc2)c2ccc3oc4ccccc4c3c2)cc1. The van der Waals surface area contributed by atoms with Gasteiger partial charge in [-0.05, 0) is 65.5 Å². The first-order valence-electron chi connectivity index (χ1n) is 14.5. The Balaban J connectivity index is 1.18. The van der Waals surface area contributed by atoms with E-state index in [0.717, 1.165) is 77.5 Å². The van der Waals surface area contributed by atoms with Crippen LogP contribution in [0.25, 0.3) is 65.8 Å². The van der Waals surface area contributed by atoms with Gasteiger partial charge in [-0.25, -0.2) is 0 Å². The summed E-state index contributed by atoms with van der Waals surface area (Å²) in [6, 6.07) is 53.1. The summed E-state index contributed by atoms with van der Waals surface area (Å²) in [5.74, 6) is 0. The third-order valence-electron chi connectivity index (χ3n) is 8.46. The number of rotatable bonds is 4. The predicted molar refractivity (Wildman–Crippen MR) is 179 cm³/mol. The second kappa shape index (κ2) is 9.37. The highest BCUT2D eigenvalue weighted by molar-refractivity contribution is 6.17. The van der Waals surface area contributed by atoms with E-state index in [0.29, 0.717) is 0 Å². The Labute approximate surface area is 247 Å². The molecule has 0 aliphatic heterocycles. The van der Waals surface area contributed by atoms with Crippen molar-refractivity contribution in [1.29, 1.82) is 0 Å². The molecule has 0 saturated carbocycles. The van der Waals surface area contributed by atoms with Crippen LogP contribution in [0.4, 0.5) is 17.1 Å². The van der Waals surface area contributed by atoms with Crippen molar-refractivity contribution in [3.8, 4) is 11.1 Å². The van der Waals surface area contributed by atoms with Crippen LogP contribution in [0, 0.1) is 0 Å². The average molecular weight is 552 g/mol. The van der Waals surface area contributed by atoms with Gasteiger partial charge in [0.1, 0.15) is 22.3 Å². The maximum atomic E-state index is 6.62. The molecule has 0 N–H and O–H groups in total. The molecule has 0 unspecified atom stereocenters. The molecular weight excluding hydrogens is 526 g/mol. The van der Waals surface area contributed by atoms with Gasteiger partial charge in [0.25, 0.3) is 0 Å². The van der Waals surface area contributed by atoms with Crippen molar-refractivity contribution in [2.45, 2.75) is 0 Å². The van der Waals surface area contributed by atoms with Crippen molar-refractivity contribution in [2.75, 3.05) is 4.90 Å². The number of furan rings is 2. The molecule has 202 valence electrons. The van der Waals surface area contributed by atoms with Crippen molar-refractivity contribution in [1.82, 2.24) is 0 Å². The molecule has 0 amide bonds. The number of fused-ring (bicyclic) bond motifs is 8. The molecule has 7 aromatic carbocycles. The standard InChI is InChI=1S/C40H25NO2/c1-2-10-28(11-3-1)41(30-22-24-38-36(25-30)33-13-6-7-16-37(33)42-38)29-20-17-27(18-21-29)32-14-8-15-34-35-23-19-26-9-4-5-12-31(26)40(35)43-39(32)34/h1-25H. The quantitative estimate of drug-likeness (QED) is 0.218. The first-order chi connectivity index (χ1) is 21.3. The zero-order valence-corrected chi connectivity index (χ0v) is 23.2. The first-order valence-corrected chi connectivity index (χ1v) is 14.5. The van der Waals surface area contributed by atoms with Crippen LogP contribution in [-0.4, -0.2) is 0 Å². The number of nitrogens with zero attached hydrogens (tertiary/aromatic N) is 1. The van der Waals surface area contributed by atoms with Gasteiger partial charge >= 0.3 is 0 Å². The lowest BCUT2D eigenvalue weighted by atomic mass is 10.0. The topological polar surface area (TPSA) is 29.5 Å². The molecule has 0 saturated heterocycles. The fourth-order valence-electron chi connectivity index (χ4n) is 6.42. The molecule has 0 radical (unpaired) electrons. The largest absolute Gasteiger partial charge is 0.456 e. The van der Waals surface area contributed by atoms with Gasteiger partial charge in [-0.3, -0.25) is 0 Å². The van der Waals surface area contributed by atoms with Crippen LogP contribution < -0.4 is 4.90 Å². The number of hydrogen-bond donors (Lipinski definition) is 0. The van der Waals surface area contributed by atoms with Crippen molar-refractivity contribution < 1.29 is 8.83 Å². The van der Waals surface area contributed by atoms with Crippen molar-refractivity contribution in [3.05, 3.63) is 152 Å². The smallest absolute Gasteiger partial charge is 0.143 e. The Bertz CT molecular complexity index is 2450. The molecule has 43 heavy (non-hydrogen) atoms. The minimum atomic E-state index is 0.889. The number of para-hydroxylation sites is 3. The minimum Gasteiger partial charge on any atom is -0.456 e. The molecule has 0 spiro atoms. The lowest BCUT2D eigenvalue weighted by molar-refractivity contribution is 0.669. The Morgan fingerprint density at radius 1 is 0.372 bits per heavy atom. The van der Waals surface area contributed by atoms with Crippen molar-refractivity contribution in [2.24, 2.45) is 0 Å². The normalized spacial score (nSPS) is 11.7. The number of benzene rings is 7. The molecular formula is C40H25NO2. The van der Waals surface area contributed by atoms with E-state index in [9.17, 15) is 0 Å². The van der Waals surface area contributed by atoms with E-state index in [1.165, 1.54) is 5.39 Å². The van der Waals surface area contributed by atoms with Gasteiger partial charge in [-0.1, -0.05) is 97.1 Å². The average Bonchev–Trinajstić information content (AvgIpc) is 3.64. The molecule has 9 rings (SSSR count). The van der Waals surface area contributed by atoms with E-state index < -0.39 is 0 Å². The van der Waals surface area contributed by atoms with Gasteiger partial charge in [0.2, 0.25) is 0 Å². The monoisotopic (exact) mass is 551 g/mol. The van der Waals surface area contributed by atoms with E-state index >= 15 is 0 Å². The van der Waals surface area contributed by atoms with Gasteiger partial charge in [-0.2, -0.15) is 0 Å². The first kappa shape index (κ1) is 23.9. The number of hydrogen-bond acceptors (Lipinski definition) is 3. The van der Waals surface area contributed by atoms with E-state index in [1.807, 2.05) is 12.1 Å². The second-order valence-electron chi connectivity index (χ2n) is 10.9. The van der Waals surface area contributed by atoms with Crippen LogP contribution in [0.15, 0.2) is 160 Å². The molecule has 0 aliphatic carbocycles. The van der Waals surface area contributed by atoms with Crippen LogP contribution in [-0.2, 0) is 0 Å². The summed E-state index contributed by atoms with van der Waals surface area (Å²) in [6.45, 7) is 0. The Morgan fingerprint density at radius 2 is 1.05 bits per heavy atom. The summed E-state index contributed by atoms with van der Waals surface area (Å²) in [5.41, 5.74) is 9.08. The maximum absolute atomic E-state index is 6.62. The maximum Gasteiger partial charge on any atom is 0.143 e. The molecule has 2 aromatic heterocycles. The molecule has 0 fully saturated rings. The summed E-state index contributed by atoms with van der Waals surface area (Å²) in [6.07, 6.45) is 0. The van der Waals surface area contributed by atoms with Gasteiger partial charge in [0.15, 0.2) is 0 Å². The zero-order valence-electron chi connectivity index (χ0n) is 23.2. The van der Waals surface area contributed by atoms with Crippen LogP contribution in [0.2, 0.25) is 0 Å². The van der Waals surface area contributed by atoms with Crippen LogP contribution in [0.3, 0.4) is 0 Å². The Morgan fingerprint density at radius 3 is 1.93 bits per heavy atom. The summed E-state index contributed by atoms with van der Waals surface area (Å²) >= 11 is 0. The highest BCUT2D eigenvalue weighted by Crippen LogP contribution is 2.41. The number of anilines is 3. The second-order valence-corrected chi connectivity index (χ2v) is 10.9. The summed E-state index contributed by atoms with van der Waals surface area (Å²) in [4.78, 5) is 2.29. The summed E-state index contributed by atoms with van der Waals surface area (Å²) in [7, 11) is 0. The highest BCUT2D eigenvalue weighted by Gasteiger charge is 2.17. The Kier molecular flexibility index (Phi) is 5.20. The fraction of sp³-hybridized carbons (Fsp3) is 0. The highest BCUT2D eigenvalue weighted by atomic mass is 16.3. The van der Waals surface area contributed by atoms with Crippen LogP contribution in [0.5, 0.6) is 0 Å². The van der Waals surface area contributed by atoms with Gasteiger partial charge < -0.3 is 13.7 Å². The molecule has 0 bridgehead atoms. The third kappa shape index (κ3) is 3.75.